The molecule has 0 unspecified atom stereocenters. The summed E-state index contributed by atoms with van der Waals surface area (Å²) < 4.78 is 11.1. The molecule has 4 rings (SSSR count). The smallest absolute Gasteiger partial charge is 0.170 e. The number of methoxy groups -OCH3 is 2. The van der Waals surface area contributed by atoms with Gasteiger partial charge in [-0.1, -0.05) is 36.4 Å². The molecule has 5 heteroatoms. The Hall–Kier alpha value is -2.79. The number of fused-ring (bicyclic) bond motifs is 1. The van der Waals surface area contributed by atoms with Crippen molar-refractivity contribution in [1.82, 2.24) is 15.1 Å². The van der Waals surface area contributed by atoms with E-state index in [1.165, 1.54) is 16.8 Å². The quantitative estimate of drug-likeness (QED) is 0.764. The highest BCUT2D eigenvalue weighted by Gasteiger charge is 2.25. The van der Waals surface area contributed by atoms with Gasteiger partial charge in [-0.25, -0.2) is 0 Å². The largest absolute Gasteiger partial charge is 0.493 e. The number of rotatable bonds is 5. The lowest BCUT2D eigenvalue weighted by atomic mass is 9.99. The molecule has 0 fully saturated rings. The number of aromatic amines is 1. The van der Waals surface area contributed by atoms with E-state index in [1.807, 2.05) is 18.2 Å². The number of nitrogens with zero attached hydrogens (tertiary/aromatic N) is 2. The Balaban J connectivity index is 1.65. The number of benzene rings is 2. The fourth-order valence-electron chi connectivity index (χ4n) is 3.62. The van der Waals surface area contributed by atoms with Crippen LogP contribution in [0.15, 0.2) is 48.5 Å². The Labute approximate surface area is 153 Å². The first-order valence-electron chi connectivity index (χ1n) is 8.84. The summed E-state index contributed by atoms with van der Waals surface area (Å²) in [5.41, 5.74) is 5.72. The molecule has 1 aliphatic heterocycles. The van der Waals surface area contributed by atoms with Crippen molar-refractivity contribution < 1.29 is 9.47 Å². The molecule has 2 aromatic carbocycles. The average Bonchev–Trinajstić information content (AvgIpc) is 3.11. The fraction of sp³-hybridized carbons (Fsp3) is 0.286. The Morgan fingerprint density at radius 2 is 1.88 bits per heavy atom. The second-order valence-electron chi connectivity index (χ2n) is 6.52. The van der Waals surface area contributed by atoms with Crippen molar-refractivity contribution in [3.8, 4) is 22.8 Å². The maximum Gasteiger partial charge on any atom is 0.170 e. The van der Waals surface area contributed by atoms with Gasteiger partial charge in [0.05, 0.1) is 14.2 Å². The van der Waals surface area contributed by atoms with Crippen molar-refractivity contribution in [1.29, 1.82) is 0 Å². The van der Waals surface area contributed by atoms with Gasteiger partial charge in [0, 0.05) is 42.9 Å². The third-order valence-corrected chi connectivity index (χ3v) is 4.92. The predicted molar refractivity (Wildman–Crippen MR) is 101 cm³/mol. The van der Waals surface area contributed by atoms with Gasteiger partial charge in [-0.05, 0) is 17.7 Å². The molecule has 2 heterocycles. The number of hydrogen-bond acceptors (Lipinski definition) is 4. The molecule has 1 aromatic heterocycles. The molecule has 0 bridgehead atoms. The SMILES string of the molecule is COc1cccc(-c2n[nH]c3c2CN(Cc2ccccc2)CC3)c1OC. The molecule has 0 radical (unpaired) electrons. The first-order valence-corrected chi connectivity index (χ1v) is 8.84. The topological polar surface area (TPSA) is 50.4 Å². The highest BCUT2D eigenvalue weighted by atomic mass is 16.5. The maximum absolute atomic E-state index is 5.61. The minimum atomic E-state index is 0.721. The zero-order chi connectivity index (χ0) is 17.9. The lowest BCUT2D eigenvalue weighted by Gasteiger charge is -2.27. The summed E-state index contributed by atoms with van der Waals surface area (Å²) in [6, 6.07) is 16.5. The summed E-state index contributed by atoms with van der Waals surface area (Å²) in [6.45, 7) is 2.84. The Morgan fingerprint density at radius 3 is 2.65 bits per heavy atom. The number of ether oxygens (including phenoxy) is 2. The molecule has 0 atom stereocenters. The van der Waals surface area contributed by atoms with Gasteiger partial charge in [0.1, 0.15) is 5.69 Å². The molecule has 0 aliphatic carbocycles. The molecule has 0 saturated heterocycles. The number of para-hydroxylation sites is 1. The van der Waals surface area contributed by atoms with Gasteiger partial charge < -0.3 is 9.47 Å². The van der Waals surface area contributed by atoms with Gasteiger partial charge in [0.2, 0.25) is 0 Å². The molecule has 5 nitrogen and oxygen atoms in total. The van der Waals surface area contributed by atoms with E-state index in [9.17, 15) is 0 Å². The Morgan fingerprint density at radius 1 is 1.04 bits per heavy atom. The first-order chi connectivity index (χ1) is 12.8. The van der Waals surface area contributed by atoms with Crippen LogP contribution in [0.1, 0.15) is 16.8 Å². The average molecular weight is 349 g/mol. The third kappa shape index (κ3) is 3.06. The van der Waals surface area contributed by atoms with E-state index in [0.717, 1.165) is 48.8 Å². The van der Waals surface area contributed by atoms with Crippen LogP contribution in [0.4, 0.5) is 0 Å². The van der Waals surface area contributed by atoms with Crippen molar-refractivity contribution in [3.05, 3.63) is 65.4 Å². The maximum atomic E-state index is 5.61. The number of aromatic nitrogens is 2. The van der Waals surface area contributed by atoms with E-state index in [4.69, 9.17) is 9.47 Å². The van der Waals surface area contributed by atoms with E-state index >= 15 is 0 Å². The van der Waals surface area contributed by atoms with E-state index in [-0.39, 0.29) is 0 Å². The lowest BCUT2D eigenvalue weighted by molar-refractivity contribution is 0.245. The molecular formula is C21H23N3O2. The monoisotopic (exact) mass is 349 g/mol. The lowest BCUT2D eigenvalue weighted by Crippen LogP contribution is -2.29. The molecular weight excluding hydrogens is 326 g/mol. The van der Waals surface area contributed by atoms with Crippen LogP contribution in [0.2, 0.25) is 0 Å². The first kappa shape index (κ1) is 16.7. The van der Waals surface area contributed by atoms with Crippen LogP contribution >= 0.6 is 0 Å². The van der Waals surface area contributed by atoms with Crippen LogP contribution in [-0.2, 0) is 19.5 Å². The molecule has 26 heavy (non-hydrogen) atoms. The Kier molecular flexibility index (Phi) is 4.63. The zero-order valence-electron chi connectivity index (χ0n) is 15.2. The molecule has 1 aliphatic rings. The number of nitrogens with one attached hydrogen (secondary N) is 1. The normalized spacial score (nSPS) is 14.1. The molecule has 0 spiro atoms. The van der Waals surface area contributed by atoms with Crippen LogP contribution in [-0.4, -0.2) is 35.9 Å². The van der Waals surface area contributed by atoms with Crippen molar-refractivity contribution in [2.75, 3.05) is 20.8 Å². The van der Waals surface area contributed by atoms with Crippen molar-refractivity contribution in [2.45, 2.75) is 19.5 Å². The van der Waals surface area contributed by atoms with Crippen molar-refractivity contribution in [3.63, 3.8) is 0 Å². The van der Waals surface area contributed by atoms with Gasteiger partial charge in [-0.15, -0.1) is 0 Å². The summed E-state index contributed by atoms with van der Waals surface area (Å²) in [4.78, 5) is 2.46. The van der Waals surface area contributed by atoms with Crippen LogP contribution < -0.4 is 9.47 Å². The molecule has 0 saturated carbocycles. The fourth-order valence-corrected chi connectivity index (χ4v) is 3.62. The molecule has 1 N–H and O–H groups in total. The summed E-state index contributed by atoms with van der Waals surface area (Å²) >= 11 is 0. The summed E-state index contributed by atoms with van der Waals surface area (Å²) in [7, 11) is 3.32. The zero-order valence-corrected chi connectivity index (χ0v) is 15.2. The van der Waals surface area contributed by atoms with Gasteiger partial charge in [-0.2, -0.15) is 5.10 Å². The molecule has 0 amide bonds. The third-order valence-electron chi connectivity index (χ3n) is 4.92. The van der Waals surface area contributed by atoms with Gasteiger partial charge in [0.25, 0.3) is 0 Å². The summed E-state index contributed by atoms with van der Waals surface area (Å²) in [6.07, 6.45) is 0.974. The standard InChI is InChI=1S/C21H23N3O2/c1-25-19-10-6-9-16(21(19)26-2)20-17-14-24(12-11-18(17)22-23-20)13-15-7-4-3-5-8-15/h3-10H,11-14H2,1-2H3,(H,22,23). The minimum Gasteiger partial charge on any atom is -0.493 e. The van der Waals surface area contributed by atoms with Crippen LogP contribution in [0.3, 0.4) is 0 Å². The minimum absolute atomic E-state index is 0.721. The van der Waals surface area contributed by atoms with Gasteiger partial charge >= 0.3 is 0 Å². The summed E-state index contributed by atoms with van der Waals surface area (Å²) in [5.74, 6) is 1.45. The van der Waals surface area contributed by atoms with Crippen LogP contribution in [0.25, 0.3) is 11.3 Å². The number of hydrogen-bond donors (Lipinski definition) is 1. The second kappa shape index (κ2) is 7.22. The van der Waals surface area contributed by atoms with Crippen molar-refractivity contribution in [2.24, 2.45) is 0 Å². The second-order valence-corrected chi connectivity index (χ2v) is 6.52. The van der Waals surface area contributed by atoms with Crippen molar-refractivity contribution >= 4 is 0 Å². The van der Waals surface area contributed by atoms with Gasteiger partial charge in [0.15, 0.2) is 11.5 Å². The van der Waals surface area contributed by atoms with E-state index in [2.05, 4.69) is 45.4 Å². The molecule has 3 aromatic rings. The van der Waals surface area contributed by atoms with E-state index < -0.39 is 0 Å². The summed E-state index contributed by atoms with van der Waals surface area (Å²) in [5, 5.41) is 7.83. The Bertz CT molecular complexity index is 890. The van der Waals surface area contributed by atoms with Crippen LogP contribution in [0.5, 0.6) is 11.5 Å². The highest BCUT2D eigenvalue weighted by molar-refractivity contribution is 5.74. The molecule has 134 valence electrons. The predicted octanol–water partition coefficient (Wildman–Crippen LogP) is 3.65. The van der Waals surface area contributed by atoms with Crippen LogP contribution in [0, 0.1) is 0 Å². The number of H-pyrrole nitrogens is 1. The van der Waals surface area contributed by atoms with E-state index in [1.54, 1.807) is 14.2 Å². The van der Waals surface area contributed by atoms with Gasteiger partial charge in [-0.3, -0.25) is 10.00 Å². The highest BCUT2D eigenvalue weighted by Crippen LogP contribution is 2.39. The van der Waals surface area contributed by atoms with E-state index in [0.29, 0.717) is 0 Å².